The number of carbonyl (C=O) groups is 1. The second-order valence-electron chi connectivity index (χ2n) is 2.93. The van der Waals surface area contributed by atoms with Crippen LogP contribution in [0.4, 0.5) is 0 Å². The Morgan fingerprint density at radius 1 is 1.64 bits per heavy atom. The number of carbonyl (C=O) groups excluding carboxylic acids is 1. The Hall–Kier alpha value is -0.580. The van der Waals surface area contributed by atoms with E-state index in [-0.39, 0.29) is 11.9 Å². The van der Waals surface area contributed by atoms with Crippen LogP contribution in [0.5, 0.6) is 0 Å². The first-order valence-electron chi connectivity index (χ1n) is 4.32. The highest BCUT2D eigenvalue weighted by molar-refractivity contribution is 7.16. The highest BCUT2D eigenvalue weighted by Gasteiger charge is 2.09. The van der Waals surface area contributed by atoms with E-state index in [1.165, 1.54) is 11.3 Å². The van der Waals surface area contributed by atoms with E-state index in [0.717, 1.165) is 9.21 Å². The minimum Gasteiger partial charge on any atom is -0.350 e. The van der Waals surface area contributed by atoms with Crippen LogP contribution in [0.2, 0.25) is 4.34 Å². The standard InChI is InChI=1S/C9H13ClN2OS/c1-6(11-2)9(13)12-5-7-3-4-8(10)14-7/h3-4,6,11H,5H2,1-2H3,(H,12,13). The smallest absolute Gasteiger partial charge is 0.237 e. The summed E-state index contributed by atoms with van der Waals surface area (Å²) in [5.74, 6) is -0.00276. The quantitative estimate of drug-likeness (QED) is 0.829. The number of nitrogens with one attached hydrogen (secondary N) is 2. The van der Waals surface area contributed by atoms with E-state index in [2.05, 4.69) is 10.6 Å². The van der Waals surface area contributed by atoms with Gasteiger partial charge in [0.2, 0.25) is 5.91 Å². The van der Waals surface area contributed by atoms with Gasteiger partial charge >= 0.3 is 0 Å². The molecular formula is C9H13ClN2OS. The maximum atomic E-state index is 11.4. The number of hydrogen-bond acceptors (Lipinski definition) is 3. The Kier molecular flexibility index (Phi) is 4.38. The molecular weight excluding hydrogens is 220 g/mol. The molecule has 0 radical (unpaired) electrons. The molecule has 1 heterocycles. The van der Waals surface area contributed by atoms with Crippen molar-refractivity contribution in [1.29, 1.82) is 0 Å². The fourth-order valence-corrected chi connectivity index (χ4v) is 1.93. The Balaban J connectivity index is 2.37. The lowest BCUT2D eigenvalue weighted by Crippen LogP contribution is -2.39. The number of likely N-dealkylation sites (N-methyl/N-ethyl adjacent to an activating group) is 1. The summed E-state index contributed by atoms with van der Waals surface area (Å²) in [5, 5.41) is 5.68. The van der Waals surface area contributed by atoms with Gasteiger partial charge in [0.25, 0.3) is 0 Å². The third kappa shape index (κ3) is 3.29. The highest BCUT2D eigenvalue weighted by Crippen LogP contribution is 2.20. The number of thiophene rings is 1. The van der Waals surface area contributed by atoms with E-state index < -0.39 is 0 Å². The molecule has 0 aromatic carbocycles. The van der Waals surface area contributed by atoms with E-state index in [0.29, 0.717) is 6.54 Å². The second kappa shape index (κ2) is 5.34. The average molecular weight is 233 g/mol. The van der Waals surface area contributed by atoms with Gasteiger partial charge in [0.05, 0.1) is 16.9 Å². The third-order valence-electron chi connectivity index (χ3n) is 1.89. The van der Waals surface area contributed by atoms with Crippen molar-refractivity contribution in [2.45, 2.75) is 19.5 Å². The molecule has 1 aromatic rings. The Morgan fingerprint density at radius 2 is 2.36 bits per heavy atom. The van der Waals surface area contributed by atoms with Crippen LogP contribution in [0, 0.1) is 0 Å². The minimum absolute atomic E-state index is 0.00276. The first-order chi connectivity index (χ1) is 6.63. The van der Waals surface area contributed by atoms with Crippen molar-refractivity contribution in [2.75, 3.05) is 7.05 Å². The van der Waals surface area contributed by atoms with Crippen LogP contribution in [0.1, 0.15) is 11.8 Å². The van der Waals surface area contributed by atoms with Crippen molar-refractivity contribution < 1.29 is 4.79 Å². The lowest BCUT2D eigenvalue weighted by Gasteiger charge is -2.09. The van der Waals surface area contributed by atoms with Crippen LogP contribution < -0.4 is 10.6 Å². The van der Waals surface area contributed by atoms with Gasteiger partial charge in [-0.05, 0) is 26.1 Å². The van der Waals surface area contributed by atoms with Gasteiger partial charge in [-0.3, -0.25) is 4.79 Å². The molecule has 3 nitrogen and oxygen atoms in total. The van der Waals surface area contributed by atoms with E-state index in [9.17, 15) is 4.79 Å². The van der Waals surface area contributed by atoms with E-state index in [4.69, 9.17) is 11.6 Å². The summed E-state index contributed by atoms with van der Waals surface area (Å²) in [6, 6.07) is 3.58. The number of halogens is 1. The average Bonchev–Trinajstić information content (AvgIpc) is 2.59. The molecule has 5 heteroatoms. The zero-order chi connectivity index (χ0) is 10.6. The molecule has 0 bridgehead atoms. The van der Waals surface area contributed by atoms with E-state index in [1.807, 2.05) is 19.1 Å². The fourth-order valence-electron chi connectivity index (χ4n) is 0.905. The lowest BCUT2D eigenvalue weighted by atomic mass is 10.3. The molecule has 1 atom stereocenters. The molecule has 0 aliphatic rings. The summed E-state index contributed by atoms with van der Waals surface area (Å²) in [6.07, 6.45) is 0. The van der Waals surface area contributed by atoms with Gasteiger partial charge in [-0.15, -0.1) is 11.3 Å². The van der Waals surface area contributed by atoms with Crippen molar-refractivity contribution >= 4 is 28.8 Å². The molecule has 2 N–H and O–H groups in total. The zero-order valence-electron chi connectivity index (χ0n) is 8.13. The summed E-state index contributed by atoms with van der Waals surface area (Å²) >= 11 is 7.24. The van der Waals surface area contributed by atoms with Crippen LogP contribution in [-0.2, 0) is 11.3 Å². The highest BCUT2D eigenvalue weighted by atomic mass is 35.5. The molecule has 0 saturated heterocycles. The van der Waals surface area contributed by atoms with Crippen LogP contribution in [0.15, 0.2) is 12.1 Å². The molecule has 0 spiro atoms. The van der Waals surface area contributed by atoms with Crippen molar-refractivity contribution in [2.24, 2.45) is 0 Å². The molecule has 1 amide bonds. The van der Waals surface area contributed by atoms with Crippen molar-refractivity contribution in [3.8, 4) is 0 Å². The van der Waals surface area contributed by atoms with Crippen LogP contribution in [0.25, 0.3) is 0 Å². The number of rotatable bonds is 4. The fraction of sp³-hybridized carbons (Fsp3) is 0.444. The summed E-state index contributed by atoms with van der Waals surface area (Å²) in [6.45, 7) is 2.36. The molecule has 14 heavy (non-hydrogen) atoms. The lowest BCUT2D eigenvalue weighted by molar-refractivity contribution is -0.122. The Morgan fingerprint density at radius 3 is 2.86 bits per heavy atom. The number of amides is 1. The molecule has 0 fully saturated rings. The van der Waals surface area contributed by atoms with Crippen molar-refractivity contribution in [3.63, 3.8) is 0 Å². The Labute approximate surface area is 92.5 Å². The minimum atomic E-state index is -0.162. The largest absolute Gasteiger partial charge is 0.350 e. The van der Waals surface area contributed by atoms with Crippen molar-refractivity contribution in [1.82, 2.24) is 10.6 Å². The van der Waals surface area contributed by atoms with Gasteiger partial charge in [0.1, 0.15) is 0 Å². The first kappa shape index (κ1) is 11.5. The maximum Gasteiger partial charge on any atom is 0.237 e. The van der Waals surface area contributed by atoms with Gasteiger partial charge in [-0.2, -0.15) is 0 Å². The molecule has 1 rings (SSSR count). The Bertz CT molecular complexity index is 314. The van der Waals surface area contributed by atoms with E-state index >= 15 is 0 Å². The summed E-state index contributed by atoms with van der Waals surface area (Å²) in [5.41, 5.74) is 0. The molecule has 1 unspecified atom stereocenters. The van der Waals surface area contributed by atoms with Gasteiger partial charge in [-0.1, -0.05) is 11.6 Å². The topological polar surface area (TPSA) is 41.1 Å². The van der Waals surface area contributed by atoms with Gasteiger partial charge in [-0.25, -0.2) is 0 Å². The predicted octanol–water partition coefficient (Wildman–Crippen LogP) is 1.63. The van der Waals surface area contributed by atoms with E-state index in [1.54, 1.807) is 7.05 Å². The normalized spacial score (nSPS) is 12.5. The van der Waals surface area contributed by atoms with Crippen LogP contribution >= 0.6 is 22.9 Å². The molecule has 1 aromatic heterocycles. The monoisotopic (exact) mass is 232 g/mol. The second-order valence-corrected chi connectivity index (χ2v) is 4.73. The van der Waals surface area contributed by atoms with Crippen LogP contribution in [0.3, 0.4) is 0 Å². The molecule has 0 aliphatic heterocycles. The SMILES string of the molecule is CNC(C)C(=O)NCc1ccc(Cl)s1. The summed E-state index contributed by atoms with van der Waals surface area (Å²) < 4.78 is 0.746. The van der Waals surface area contributed by atoms with Crippen molar-refractivity contribution in [3.05, 3.63) is 21.3 Å². The summed E-state index contributed by atoms with van der Waals surface area (Å²) in [7, 11) is 1.76. The first-order valence-corrected chi connectivity index (χ1v) is 5.52. The van der Waals surface area contributed by atoms with Gasteiger partial charge in [0, 0.05) is 4.88 Å². The van der Waals surface area contributed by atoms with Gasteiger partial charge < -0.3 is 10.6 Å². The molecule has 0 aliphatic carbocycles. The van der Waals surface area contributed by atoms with Crippen LogP contribution in [-0.4, -0.2) is 19.0 Å². The molecule has 78 valence electrons. The zero-order valence-corrected chi connectivity index (χ0v) is 9.71. The predicted molar refractivity (Wildman–Crippen MR) is 59.7 cm³/mol. The third-order valence-corrected chi connectivity index (χ3v) is 3.12. The summed E-state index contributed by atoms with van der Waals surface area (Å²) in [4.78, 5) is 12.4. The molecule has 0 saturated carbocycles. The number of hydrogen-bond donors (Lipinski definition) is 2. The van der Waals surface area contributed by atoms with Gasteiger partial charge in [0.15, 0.2) is 0 Å². The maximum absolute atomic E-state index is 11.4.